The van der Waals surface area contributed by atoms with Crippen LogP contribution in [0.15, 0.2) is 60.7 Å². The van der Waals surface area contributed by atoms with Crippen molar-refractivity contribution in [1.29, 1.82) is 0 Å². The third kappa shape index (κ3) is 2.89. The Balaban J connectivity index is 1.08. The molecule has 4 aliphatic heterocycles. The first-order valence-corrected chi connectivity index (χ1v) is 15.6. The first-order chi connectivity index (χ1) is 17.8. The van der Waals surface area contributed by atoms with E-state index in [0.29, 0.717) is 29.0 Å². The second-order valence-corrected chi connectivity index (χ2v) is 13.8. The van der Waals surface area contributed by atoms with E-state index < -0.39 is 0 Å². The molecule has 6 unspecified atom stereocenters. The van der Waals surface area contributed by atoms with Gasteiger partial charge in [0.1, 0.15) is 0 Å². The summed E-state index contributed by atoms with van der Waals surface area (Å²) in [7, 11) is 0. The second-order valence-electron chi connectivity index (χ2n) is 12.7. The van der Waals surface area contributed by atoms with Crippen molar-refractivity contribution >= 4 is 11.8 Å². The van der Waals surface area contributed by atoms with Gasteiger partial charge in [0.15, 0.2) is 0 Å². The van der Waals surface area contributed by atoms with Gasteiger partial charge >= 0.3 is 0 Å². The van der Waals surface area contributed by atoms with E-state index in [2.05, 4.69) is 77.7 Å². The fourth-order valence-corrected chi connectivity index (χ4v) is 11.0. The van der Waals surface area contributed by atoms with E-state index in [-0.39, 0.29) is 0 Å². The highest BCUT2D eigenvalue weighted by molar-refractivity contribution is 7.99. The molecule has 3 aromatic carbocycles. The Morgan fingerprint density at radius 1 is 0.583 bits per heavy atom. The number of benzene rings is 3. The summed E-state index contributed by atoms with van der Waals surface area (Å²) in [5.41, 5.74) is 13.2. The van der Waals surface area contributed by atoms with E-state index in [9.17, 15) is 0 Å². The lowest BCUT2D eigenvalue weighted by molar-refractivity contribution is 0.292. The molecule has 0 radical (unpaired) electrons. The second kappa shape index (κ2) is 7.74. The normalized spacial score (nSPS) is 36.9. The van der Waals surface area contributed by atoms with E-state index in [0.717, 1.165) is 24.3 Å². The molecule has 6 atom stereocenters. The monoisotopic (exact) mass is 489 g/mol. The molecule has 3 aromatic rings. The summed E-state index contributed by atoms with van der Waals surface area (Å²) in [6.07, 6.45) is 8.34. The Labute approximate surface area is 219 Å². The van der Waals surface area contributed by atoms with Gasteiger partial charge in [0, 0.05) is 35.4 Å². The maximum atomic E-state index is 4.01. The van der Waals surface area contributed by atoms with Gasteiger partial charge in [-0.3, -0.25) is 0 Å². The largest absolute Gasteiger partial charge is 0.309 e. The van der Waals surface area contributed by atoms with Crippen molar-refractivity contribution in [1.82, 2.24) is 5.32 Å². The van der Waals surface area contributed by atoms with Crippen LogP contribution in [0.2, 0.25) is 0 Å². The summed E-state index contributed by atoms with van der Waals surface area (Å²) in [5.74, 6) is 5.65. The lowest BCUT2D eigenvalue weighted by atomic mass is 9.64. The van der Waals surface area contributed by atoms with Crippen LogP contribution in [0.25, 0.3) is 0 Å². The number of thioether (sulfide) groups is 1. The van der Waals surface area contributed by atoms with Crippen LogP contribution in [0.4, 0.5) is 0 Å². The number of rotatable bonds is 2. The van der Waals surface area contributed by atoms with Crippen LogP contribution in [-0.4, -0.2) is 12.3 Å². The van der Waals surface area contributed by atoms with Crippen LogP contribution in [0, 0.1) is 0 Å². The van der Waals surface area contributed by atoms with Gasteiger partial charge < -0.3 is 5.32 Å². The summed E-state index contributed by atoms with van der Waals surface area (Å²) in [6, 6.07) is 25.2. The average Bonchev–Trinajstić information content (AvgIpc) is 2.98. The summed E-state index contributed by atoms with van der Waals surface area (Å²) in [4.78, 5) is 0. The van der Waals surface area contributed by atoms with Crippen molar-refractivity contribution in [3.8, 4) is 0 Å². The van der Waals surface area contributed by atoms with Crippen molar-refractivity contribution in [2.45, 2.75) is 85.3 Å². The zero-order chi connectivity index (χ0) is 23.4. The van der Waals surface area contributed by atoms with Crippen LogP contribution in [0.5, 0.6) is 0 Å². The summed E-state index contributed by atoms with van der Waals surface area (Å²) >= 11 is 2.21. The molecule has 1 nitrogen and oxygen atoms in total. The summed E-state index contributed by atoms with van der Waals surface area (Å²) in [5, 5.41) is 4.64. The van der Waals surface area contributed by atoms with Gasteiger partial charge in [-0.25, -0.2) is 0 Å². The van der Waals surface area contributed by atoms with Crippen LogP contribution in [-0.2, 0) is 0 Å². The molecule has 36 heavy (non-hydrogen) atoms. The van der Waals surface area contributed by atoms with Gasteiger partial charge in [-0.1, -0.05) is 60.7 Å². The summed E-state index contributed by atoms with van der Waals surface area (Å²) in [6.45, 7) is 1.15. The first-order valence-electron chi connectivity index (χ1n) is 14.5. The average molecular weight is 490 g/mol. The Hall–Kier alpha value is -2.03. The number of fused-ring (bicyclic) bond motifs is 6. The third-order valence-electron chi connectivity index (χ3n) is 11.1. The predicted octanol–water partition coefficient (Wildman–Crippen LogP) is 8.42. The lowest BCUT2D eigenvalue weighted by Crippen LogP contribution is -2.43. The molecule has 0 spiro atoms. The number of hydrogen-bond acceptors (Lipinski definition) is 2. The van der Waals surface area contributed by atoms with E-state index in [1.165, 1.54) is 44.3 Å². The van der Waals surface area contributed by atoms with Crippen molar-refractivity contribution in [2.75, 3.05) is 12.3 Å². The highest BCUT2D eigenvalue weighted by Gasteiger charge is 2.44. The molecule has 1 N–H and O–H groups in total. The van der Waals surface area contributed by atoms with Crippen LogP contribution in [0.3, 0.4) is 0 Å². The van der Waals surface area contributed by atoms with Gasteiger partial charge in [0.25, 0.3) is 0 Å². The maximum Gasteiger partial charge on any atom is 0.0392 e. The topological polar surface area (TPSA) is 12.0 Å². The molecule has 2 saturated heterocycles. The highest BCUT2D eigenvalue weighted by atomic mass is 32.2. The molecule has 6 bridgehead atoms. The van der Waals surface area contributed by atoms with Gasteiger partial charge in [-0.05, 0) is 107 Å². The van der Waals surface area contributed by atoms with E-state index in [1.807, 2.05) is 0 Å². The fourth-order valence-electron chi connectivity index (χ4n) is 9.37. The molecular weight excluding hydrogens is 454 g/mol. The Kier molecular flexibility index (Phi) is 4.51. The Bertz CT molecular complexity index is 1370. The van der Waals surface area contributed by atoms with E-state index in [4.69, 9.17) is 0 Å². The standard InChI is InChI=1S/C34H35NS/c1-2-4-28-25(3-1)24-16-31(34(28)36-18-24)22-10-12-27-23-15-30(33(35-17-23)32(27)14-22)21-9-11-26-19-5-7-20(8-6-19)29(26)13-21/h1-4,9-14,19-20,23-24,30-31,33-35H,5-8,15-18H2. The van der Waals surface area contributed by atoms with Crippen LogP contribution in [0.1, 0.15) is 130 Å². The molecule has 5 aliphatic carbocycles. The van der Waals surface area contributed by atoms with Crippen molar-refractivity contribution in [3.05, 3.63) is 105 Å². The van der Waals surface area contributed by atoms with E-state index >= 15 is 0 Å². The predicted molar refractivity (Wildman–Crippen MR) is 149 cm³/mol. The minimum absolute atomic E-state index is 0.476. The fraction of sp³-hybridized carbons (Fsp3) is 0.471. The van der Waals surface area contributed by atoms with E-state index in [1.54, 1.807) is 44.5 Å². The molecule has 2 heteroatoms. The molecule has 12 rings (SSSR count). The highest BCUT2D eigenvalue weighted by Crippen LogP contribution is 2.60. The number of piperidine rings is 1. The Morgan fingerprint density at radius 2 is 1.22 bits per heavy atom. The van der Waals surface area contributed by atoms with Crippen molar-refractivity contribution in [2.24, 2.45) is 0 Å². The van der Waals surface area contributed by atoms with Gasteiger partial charge in [-0.15, -0.1) is 0 Å². The van der Waals surface area contributed by atoms with Crippen LogP contribution >= 0.6 is 11.8 Å². The van der Waals surface area contributed by atoms with Crippen LogP contribution < -0.4 is 5.32 Å². The Morgan fingerprint density at radius 3 is 2.06 bits per heavy atom. The van der Waals surface area contributed by atoms with Gasteiger partial charge in [0.05, 0.1) is 0 Å². The lowest BCUT2D eigenvalue weighted by Gasteiger charge is -2.47. The van der Waals surface area contributed by atoms with Crippen molar-refractivity contribution < 1.29 is 0 Å². The maximum absolute atomic E-state index is 4.01. The minimum Gasteiger partial charge on any atom is -0.309 e. The van der Waals surface area contributed by atoms with Crippen molar-refractivity contribution in [3.63, 3.8) is 0 Å². The number of hydrogen-bond donors (Lipinski definition) is 1. The zero-order valence-electron chi connectivity index (χ0n) is 21.0. The molecule has 9 aliphatic rings. The first kappa shape index (κ1) is 21.0. The quantitative estimate of drug-likeness (QED) is 0.388. The zero-order valence-corrected chi connectivity index (χ0v) is 21.8. The van der Waals surface area contributed by atoms with Gasteiger partial charge in [0.2, 0.25) is 0 Å². The smallest absolute Gasteiger partial charge is 0.0392 e. The molecular formula is C34H35NS. The molecule has 1 saturated carbocycles. The number of nitrogens with one attached hydrogen (secondary N) is 1. The molecule has 3 fully saturated rings. The SMILES string of the molecule is c1ccc2c(c1)C1CSC2C(c2ccc3c(c2)C2NCC3CC2c2ccc3c(c2)C2CCC3CC2)C1. The molecule has 0 amide bonds. The molecule has 4 heterocycles. The molecule has 182 valence electrons. The summed E-state index contributed by atoms with van der Waals surface area (Å²) < 4.78 is 0. The minimum atomic E-state index is 0.476. The molecule has 0 aromatic heterocycles. The third-order valence-corrected chi connectivity index (χ3v) is 12.6. The van der Waals surface area contributed by atoms with Gasteiger partial charge in [-0.2, -0.15) is 11.8 Å².